The molecule has 1 aromatic heterocycles. The molecule has 1 heterocycles. The molecule has 2 rings (SSSR count). The monoisotopic (exact) mass is 310 g/mol. The summed E-state index contributed by atoms with van der Waals surface area (Å²) in [4.78, 5) is 25.2. The Morgan fingerprint density at radius 1 is 1.38 bits per heavy atom. The highest BCUT2D eigenvalue weighted by atomic mass is 32.1. The quantitative estimate of drug-likeness (QED) is 0.839. The fourth-order valence-electron chi connectivity index (χ4n) is 2.57. The molecule has 0 aromatic carbocycles. The topological polar surface area (TPSA) is 67.4 Å². The average Bonchev–Trinajstić information content (AvgIpc) is 2.75. The molecule has 0 saturated carbocycles. The molecule has 0 radical (unpaired) electrons. The van der Waals surface area contributed by atoms with Crippen LogP contribution in [-0.2, 0) is 17.6 Å². The number of esters is 1. The first kappa shape index (κ1) is 15.8. The van der Waals surface area contributed by atoms with Gasteiger partial charge in [-0.2, -0.15) is 0 Å². The van der Waals surface area contributed by atoms with E-state index in [1.807, 2.05) is 6.92 Å². The third kappa shape index (κ3) is 3.56. The summed E-state index contributed by atoms with van der Waals surface area (Å²) < 4.78 is 5.16. The molecule has 0 saturated heterocycles. The van der Waals surface area contributed by atoms with Gasteiger partial charge in [0.2, 0.25) is 0 Å². The number of hydrogen-bond donors (Lipinski definition) is 2. The zero-order chi connectivity index (χ0) is 15.4. The summed E-state index contributed by atoms with van der Waals surface area (Å²) in [6.07, 6.45) is 2.90. The van der Waals surface area contributed by atoms with E-state index in [0.29, 0.717) is 29.6 Å². The Bertz CT molecular complexity index is 539. The highest BCUT2D eigenvalue weighted by Gasteiger charge is 2.28. The van der Waals surface area contributed by atoms with Gasteiger partial charge in [-0.1, -0.05) is 6.92 Å². The number of nitrogens with one attached hydrogen (secondary N) is 2. The molecule has 1 aromatic rings. The molecule has 1 atom stereocenters. The van der Waals surface area contributed by atoms with Crippen molar-refractivity contribution < 1.29 is 14.3 Å². The summed E-state index contributed by atoms with van der Waals surface area (Å²) in [5, 5.41) is 6.09. The van der Waals surface area contributed by atoms with E-state index in [4.69, 9.17) is 4.74 Å². The van der Waals surface area contributed by atoms with E-state index in [9.17, 15) is 9.59 Å². The van der Waals surface area contributed by atoms with Gasteiger partial charge < -0.3 is 10.1 Å². The van der Waals surface area contributed by atoms with E-state index in [1.54, 1.807) is 6.92 Å². The lowest BCUT2D eigenvalue weighted by Crippen LogP contribution is -2.28. The first-order valence-electron chi connectivity index (χ1n) is 7.43. The van der Waals surface area contributed by atoms with Gasteiger partial charge in [-0.3, -0.25) is 5.32 Å². The Balaban J connectivity index is 2.33. The van der Waals surface area contributed by atoms with Crippen LogP contribution in [0.25, 0.3) is 0 Å². The van der Waals surface area contributed by atoms with Crippen LogP contribution < -0.4 is 10.6 Å². The van der Waals surface area contributed by atoms with Crippen molar-refractivity contribution >= 4 is 28.3 Å². The molecule has 6 heteroatoms. The molecule has 2 N–H and O–H groups in total. The minimum absolute atomic E-state index is 0.283. The lowest BCUT2D eigenvalue weighted by molar-refractivity contribution is 0.0526. The van der Waals surface area contributed by atoms with Crippen LogP contribution >= 0.6 is 11.3 Å². The Labute approximate surface area is 129 Å². The van der Waals surface area contributed by atoms with Crippen LogP contribution in [-0.4, -0.2) is 25.2 Å². The fourth-order valence-corrected chi connectivity index (χ4v) is 3.96. The molecule has 1 unspecified atom stereocenters. The SMILES string of the molecule is CCNC(=O)Nc1sc2c(c1C(=O)OCC)CCC(C)C2. The molecule has 116 valence electrons. The second-order valence-electron chi connectivity index (χ2n) is 5.26. The number of hydrogen-bond acceptors (Lipinski definition) is 4. The van der Waals surface area contributed by atoms with E-state index in [0.717, 1.165) is 24.8 Å². The van der Waals surface area contributed by atoms with Crippen LogP contribution in [0.15, 0.2) is 0 Å². The van der Waals surface area contributed by atoms with E-state index < -0.39 is 0 Å². The number of rotatable bonds is 4. The number of amides is 2. The maximum atomic E-state index is 12.2. The minimum atomic E-state index is -0.337. The molecule has 2 amide bonds. The van der Waals surface area contributed by atoms with Crippen molar-refractivity contribution in [2.75, 3.05) is 18.5 Å². The minimum Gasteiger partial charge on any atom is -0.462 e. The smallest absolute Gasteiger partial charge is 0.341 e. The summed E-state index contributed by atoms with van der Waals surface area (Å²) in [7, 11) is 0. The Morgan fingerprint density at radius 3 is 2.81 bits per heavy atom. The van der Waals surface area contributed by atoms with Crippen molar-refractivity contribution in [2.45, 2.75) is 40.0 Å². The summed E-state index contributed by atoms with van der Waals surface area (Å²) in [6.45, 7) is 6.73. The predicted octanol–water partition coefficient (Wildman–Crippen LogP) is 3.19. The zero-order valence-corrected chi connectivity index (χ0v) is 13.6. The second-order valence-corrected chi connectivity index (χ2v) is 6.37. The summed E-state index contributed by atoms with van der Waals surface area (Å²) in [6, 6.07) is -0.283. The third-order valence-corrected chi connectivity index (χ3v) is 4.73. The number of ether oxygens (including phenoxy) is 1. The molecule has 5 nitrogen and oxygen atoms in total. The van der Waals surface area contributed by atoms with Crippen molar-refractivity contribution in [2.24, 2.45) is 5.92 Å². The lowest BCUT2D eigenvalue weighted by Gasteiger charge is -2.18. The fraction of sp³-hybridized carbons (Fsp3) is 0.600. The maximum Gasteiger partial charge on any atom is 0.341 e. The van der Waals surface area contributed by atoms with Crippen molar-refractivity contribution in [1.82, 2.24) is 5.32 Å². The number of fused-ring (bicyclic) bond motifs is 1. The molecule has 0 bridgehead atoms. The molecule has 0 spiro atoms. The van der Waals surface area contributed by atoms with Crippen LogP contribution in [0.1, 0.15) is 48.0 Å². The number of anilines is 1. The van der Waals surface area contributed by atoms with E-state index in [1.165, 1.54) is 16.2 Å². The van der Waals surface area contributed by atoms with E-state index in [-0.39, 0.29) is 12.0 Å². The van der Waals surface area contributed by atoms with Gasteiger partial charge in [0, 0.05) is 11.4 Å². The van der Waals surface area contributed by atoms with Crippen LogP contribution in [0.2, 0.25) is 0 Å². The van der Waals surface area contributed by atoms with Gasteiger partial charge in [0.15, 0.2) is 0 Å². The van der Waals surface area contributed by atoms with Gasteiger partial charge in [-0.15, -0.1) is 11.3 Å². The van der Waals surface area contributed by atoms with Crippen LogP contribution in [0, 0.1) is 5.92 Å². The predicted molar refractivity (Wildman–Crippen MR) is 84.2 cm³/mol. The summed E-state index contributed by atoms with van der Waals surface area (Å²) in [5.74, 6) is 0.278. The van der Waals surface area contributed by atoms with Gasteiger partial charge in [0.25, 0.3) is 0 Å². The van der Waals surface area contributed by atoms with Gasteiger partial charge in [-0.05, 0) is 44.6 Å². The molecular weight excluding hydrogens is 288 g/mol. The molecular formula is C15H22N2O3S. The first-order chi connectivity index (χ1) is 10.1. The Hall–Kier alpha value is -1.56. The molecule has 0 aliphatic heterocycles. The lowest BCUT2D eigenvalue weighted by atomic mass is 9.88. The number of carbonyl (C=O) groups is 2. The average molecular weight is 310 g/mol. The normalized spacial score (nSPS) is 17.0. The van der Waals surface area contributed by atoms with Crippen molar-refractivity contribution in [3.63, 3.8) is 0 Å². The number of carbonyl (C=O) groups excluding carboxylic acids is 2. The van der Waals surface area contributed by atoms with Gasteiger partial charge in [0.05, 0.1) is 12.2 Å². The van der Waals surface area contributed by atoms with Gasteiger partial charge in [0.1, 0.15) is 5.00 Å². The standard InChI is InChI=1S/C15H22N2O3S/c1-4-16-15(19)17-13-12(14(18)20-5-2)10-7-6-9(3)8-11(10)21-13/h9H,4-8H2,1-3H3,(H2,16,17,19). The Morgan fingerprint density at radius 2 is 2.14 bits per heavy atom. The van der Waals surface area contributed by atoms with Crippen LogP contribution in [0.5, 0.6) is 0 Å². The highest BCUT2D eigenvalue weighted by molar-refractivity contribution is 7.17. The van der Waals surface area contributed by atoms with Crippen LogP contribution in [0.3, 0.4) is 0 Å². The van der Waals surface area contributed by atoms with Gasteiger partial charge in [-0.25, -0.2) is 9.59 Å². The van der Waals surface area contributed by atoms with Crippen molar-refractivity contribution in [3.05, 3.63) is 16.0 Å². The highest BCUT2D eigenvalue weighted by Crippen LogP contribution is 2.40. The molecule has 1 aliphatic rings. The van der Waals surface area contributed by atoms with Gasteiger partial charge >= 0.3 is 12.0 Å². The zero-order valence-electron chi connectivity index (χ0n) is 12.7. The van der Waals surface area contributed by atoms with Crippen molar-refractivity contribution in [1.29, 1.82) is 0 Å². The first-order valence-corrected chi connectivity index (χ1v) is 8.24. The van der Waals surface area contributed by atoms with E-state index >= 15 is 0 Å². The molecule has 1 aliphatic carbocycles. The second kappa shape index (κ2) is 6.93. The Kier molecular flexibility index (Phi) is 5.22. The summed E-state index contributed by atoms with van der Waals surface area (Å²) >= 11 is 1.50. The van der Waals surface area contributed by atoms with Crippen molar-refractivity contribution in [3.8, 4) is 0 Å². The number of thiophene rings is 1. The number of urea groups is 1. The third-order valence-electron chi connectivity index (χ3n) is 3.56. The van der Waals surface area contributed by atoms with Crippen LogP contribution in [0.4, 0.5) is 9.80 Å². The molecule has 21 heavy (non-hydrogen) atoms. The largest absolute Gasteiger partial charge is 0.462 e. The van der Waals surface area contributed by atoms with E-state index in [2.05, 4.69) is 17.6 Å². The molecule has 0 fully saturated rings. The maximum absolute atomic E-state index is 12.2. The summed E-state index contributed by atoms with van der Waals surface area (Å²) in [5.41, 5.74) is 1.61.